The maximum Gasteiger partial charge on any atom is 0.346 e. The summed E-state index contributed by atoms with van der Waals surface area (Å²) in [5.74, 6) is -1.90. The number of aryl methyl sites for hydroxylation is 1. The number of rotatable bonds is 2. The maximum atomic E-state index is 13.5. The second-order valence-electron chi connectivity index (χ2n) is 4.38. The Morgan fingerprint density at radius 1 is 1.19 bits per heavy atom. The van der Waals surface area contributed by atoms with Gasteiger partial charge in [0, 0.05) is 13.0 Å². The summed E-state index contributed by atoms with van der Waals surface area (Å²) in [5.41, 5.74) is 0.591. The number of nitrogens with zero attached hydrogens (tertiary/aromatic N) is 1. The summed E-state index contributed by atoms with van der Waals surface area (Å²) in [6, 6.07) is 7.14. The highest BCUT2D eigenvalue weighted by molar-refractivity contribution is 5.91. The van der Waals surface area contributed by atoms with E-state index in [1.165, 1.54) is 12.1 Å². The van der Waals surface area contributed by atoms with Gasteiger partial charge in [0.25, 0.3) is 0 Å². The van der Waals surface area contributed by atoms with E-state index in [1.807, 2.05) is 0 Å². The van der Waals surface area contributed by atoms with Gasteiger partial charge in [0.05, 0.1) is 5.56 Å². The molecule has 6 heteroatoms. The van der Waals surface area contributed by atoms with Crippen LogP contribution in [0, 0.1) is 18.6 Å². The minimum Gasteiger partial charge on any atom is -0.441 e. The molecule has 4 nitrogen and oxygen atoms in total. The number of esters is 1. The molecule has 0 bridgehead atoms. The van der Waals surface area contributed by atoms with Crippen molar-refractivity contribution >= 4 is 17.1 Å². The quantitative estimate of drug-likeness (QED) is 0.534. The zero-order chi connectivity index (χ0) is 15.0. The first-order valence-corrected chi connectivity index (χ1v) is 6.07. The summed E-state index contributed by atoms with van der Waals surface area (Å²) >= 11 is 0. The standard InChI is InChI=1S/C15H9F2NO3/c1-8-18-13-7-10(3-5-14(13)20-8)21-15(19)11-6-9(16)2-4-12(11)17/h2-7H,1H3. The van der Waals surface area contributed by atoms with E-state index in [1.54, 1.807) is 13.0 Å². The molecule has 3 aromatic rings. The van der Waals surface area contributed by atoms with Crippen molar-refractivity contribution in [1.29, 1.82) is 0 Å². The number of carbonyl (C=O) groups excluding carboxylic acids is 1. The summed E-state index contributed by atoms with van der Waals surface area (Å²) < 4.78 is 36.9. The Morgan fingerprint density at radius 3 is 2.81 bits per heavy atom. The fourth-order valence-electron chi connectivity index (χ4n) is 1.90. The zero-order valence-electron chi connectivity index (χ0n) is 10.9. The van der Waals surface area contributed by atoms with Crippen molar-refractivity contribution < 1.29 is 22.7 Å². The average Bonchev–Trinajstić information content (AvgIpc) is 2.80. The summed E-state index contributed by atoms with van der Waals surface area (Å²) in [6.07, 6.45) is 0. The summed E-state index contributed by atoms with van der Waals surface area (Å²) in [4.78, 5) is 15.9. The number of aromatic nitrogens is 1. The van der Waals surface area contributed by atoms with E-state index in [2.05, 4.69) is 4.98 Å². The van der Waals surface area contributed by atoms with E-state index >= 15 is 0 Å². The van der Waals surface area contributed by atoms with E-state index < -0.39 is 23.2 Å². The fourth-order valence-corrected chi connectivity index (χ4v) is 1.90. The van der Waals surface area contributed by atoms with Gasteiger partial charge in [-0.05, 0) is 30.3 Å². The van der Waals surface area contributed by atoms with E-state index in [0.717, 1.165) is 18.2 Å². The number of hydrogen-bond donors (Lipinski definition) is 0. The number of benzene rings is 2. The van der Waals surface area contributed by atoms with E-state index in [9.17, 15) is 13.6 Å². The smallest absolute Gasteiger partial charge is 0.346 e. The van der Waals surface area contributed by atoms with Gasteiger partial charge in [-0.2, -0.15) is 0 Å². The molecule has 0 saturated heterocycles. The molecule has 21 heavy (non-hydrogen) atoms. The van der Waals surface area contributed by atoms with Crippen LogP contribution in [0.2, 0.25) is 0 Å². The van der Waals surface area contributed by atoms with E-state index in [0.29, 0.717) is 17.0 Å². The SMILES string of the molecule is Cc1nc2cc(OC(=O)c3cc(F)ccc3F)ccc2o1. The lowest BCUT2D eigenvalue weighted by Gasteiger charge is -2.05. The predicted molar refractivity (Wildman–Crippen MR) is 70.1 cm³/mol. The molecule has 0 N–H and O–H groups in total. The van der Waals surface area contributed by atoms with Crippen LogP contribution in [0.4, 0.5) is 8.78 Å². The fraction of sp³-hybridized carbons (Fsp3) is 0.0667. The highest BCUT2D eigenvalue weighted by Gasteiger charge is 2.16. The van der Waals surface area contributed by atoms with Crippen molar-refractivity contribution in [3.8, 4) is 5.75 Å². The van der Waals surface area contributed by atoms with Crippen LogP contribution in [0.25, 0.3) is 11.1 Å². The Morgan fingerprint density at radius 2 is 2.00 bits per heavy atom. The number of carbonyl (C=O) groups is 1. The van der Waals surface area contributed by atoms with Crippen LogP contribution >= 0.6 is 0 Å². The largest absolute Gasteiger partial charge is 0.441 e. The third kappa shape index (κ3) is 2.60. The molecule has 0 aliphatic carbocycles. The molecule has 2 aromatic carbocycles. The van der Waals surface area contributed by atoms with Crippen molar-refractivity contribution in [2.24, 2.45) is 0 Å². The van der Waals surface area contributed by atoms with Crippen molar-refractivity contribution in [1.82, 2.24) is 4.98 Å². The Balaban J connectivity index is 1.90. The lowest BCUT2D eigenvalue weighted by molar-refractivity contribution is 0.0729. The monoisotopic (exact) mass is 289 g/mol. The summed E-state index contributed by atoms with van der Waals surface area (Å²) in [6.45, 7) is 1.69. The Bertz CT molecular complexity index is 842. The second-order valence-corrected chi connectivity index (χ2v) is 4.38. The first kappa shape index (κ1) is 13.2. The van der Waals surface area contributed by atoms with Gasteiger partial charge in [-0.3, -0.25) is 0 Å². The minimum absolute atomic E-state index is 0.171. The molecular weight excluding hydrogens is 280 g/mol. The van der Waals surface area contributed by atoms with Crippen LogP contribution in [0.15, 0.2) is 40.8 Å². The molecule has 1 aromatic heterocycles. The van der Waals surface area contributed by atoms with Crippen LogP contribution < -0.4 is 4.74 Å². The number of ether oxygens (including phenoxy) is 1. The lowest BCUT2D eigenvalue weighted by Crippen LogP contribution is -2.11. The van der Waals surface area contributed by atoms with Crippen LogP contribution in [0.1, 0.15) is 16.2 Å². The van der Waals surface area contributed by atoms with Gasteiger partial charge in [0.2, 0.25) is 0 Å². The van der Waals surface area contributed by atoms with Gasteiger partial charge in [-0.15, -0.1) is 0 Å². The van der Waals surface area contributed by atoms with E-state index in [4.69, 9.17) is 9.15 Å². The molecule has 0 fully saturated rings. The molecule has 3 rings (SSSR count). The number of oxazole rings is 1. The molecule has 1 heterocycles. The molecule has 0 spiro atoms. The topological polar surface area (TPSA) is 52.3 Å². The first-order valence-electron chi connectivity index (χ1n) is 6.07. The number of halogens is 2. The Kier molecular flexibility index (Phi) is 3.13. The third-order valence-corrected chi connectivity index (χ3v) is 2.82. The number of fused-ring (bicyclic) bond motifs is 1. The highest BCUT2D eigenvalue weighted by atomic mass is 19.1. The van der Waals surface area contributed by atoms with Gasteiger partial charge in [0.15, 0.2) is 11.5 Å². The average molecular weight is 289 g/mol. The first-order chi connectivity index (χ1) is 10.0. The second kappa shape index (κ2) is 4.97. The van der Waals surface area contributed by atoms with Crippen molar-refractivity contribution in [2.45, 2.75) is 6.92 Å². The van der Waals surface area contributed by atoms with Crippen LogP contribution in [-0.4, -0.2) is 11.0 Å². The van der Waals surface area contributed by atoms with Crippen LogP contribution in [0.5, 0.6) is 5.75 Å². The Labute approximate surface area is 118 Å². The molecule has 0 radical (unpaired) electrons. The van der Waals surface area contributed by atoms with Crippen molar-refractivity contribution in [2.75, 3.05) is 0 Å². The molecular formula is C15H9F2NO3. The highest BCUT2D eigenvalue weighted by Crippen LogP contribution is 2.22. The summed E-state index contributed by atoms with van der Waals surface area (Å²) in [7, 11) is 0. The van der Waals surface area contributed by atoms with Gasteiger partial charge < -0.3 is 9.15 Å². The molecule has 0 unspecified atom stereocenters. The third-order valence-electron chi connectivity index (χ3n) is 2.82. The number of hydrogen-bond acceptors (Lipinski definition) is 4. The van der Waals surface area contributed by atoms with Gasteiger partial charge in [-0.1, -0.05) is 0 Å². The van der Waals surface area contributed by atoms with Gasteiger partial charge in [0.1, 0.15) is 22.9 Å². The van der Waals surface area contributed by atoms with E-state index in [-0.39, 0.29) is 5.75 Å². The molecule has 0 aliphatic heterocycles. The Hall–Kier alpha value is -2.76. The van der Waals surface area contributed by atoms with Crippen LogP contribution in [-0.2, 0) is 0 Å². The van der Waals surface area contributed by atoms with Crippen molar-refractivity contribution in [3.63, 3.8) is 0 Å². The maximum absolute atomic E-state index is 13.5. The van der Waals surface area contributed by atoms with Crippen molar-refractivity contribution in [3.05, 3.63) is 59.5 Å². The molecule has 106 valence electrons. The molecule has 0 saturated carbocycles. The minimum atomic E-state index is -0.980. The lowest BCUT2D eigenvalue weighted by atomic mass is 10.2. The molecule has 0 aliphatic rings. The normalized spacial score (nSPS) is 10.8. The summed E-state index contributed by atoms with van der Waals surface area (Å²) in [5, 5.41) is 0. The predicted octanol–water partition coefficient (Wildman–Crippen LogP) is 3.63. The molecule has 0 atom stereocenters. The van der Waals surface area contributed by atoms with Gasteiger partial charge in [-0.25, -0.2) is 18.6 Å². The molecule has 0 amide bonds. The zero-order valence-corrected chi connectivity index (χ0v) is 10.9. The van der Waals surface area contributed by atoms with Gasteiger partial charge >= 0.3 is 5.97 Å². The van der Waals surface area contributed by atoms with Crippen LogP contribution in [0.3, 0.4) is 0 Å².